The molecule has 1 N–H and O–H groups in total. The number of carbonyl (C=O) groups excluding carboxylic acids is 2. The van der Waals surface area contributed by atoms with Crippen molar-refractivity contribution in [1.29, 1.82) is 0 Å². The fourth-order valence-electron chi connectivity index (χ4n) is 5.15. The monoisotopic (exact) mass is 450 g/mol. The number of benzene rings is 1. The van der Waals surface area contributed by atoms with Crippen molar-refractivity contribution in [1.82, 2.24) is 9.62 Å². The number of nitrogens with one attached hydrogen (secondary N) is 1. The lowest BCUT2D eigenvalue weighted by molar-refractivity contribution is -0.170. The number of hydrogen-bond acceptors (Lipinski definition) is 6. The maximum Gasteiger partial charge on any atom is 0.327 e. The molecular weight excluding hydrogens is 416 g/mol. The Balaban J connectivity index is 1.63. The number of methoxy groups -OCH3 is 2. The highest BCUT2D eigenvalue weighted by atomic mass is 32.1. The van der Waals surface area contributed by atoms with Crippen LogP contribution in [-0.2, 0) is 16.0 Å². The maximum absolute atomic E-state index is 12.9. The van der Waals surface area contributed by atoms with Crippen molar-refractivity contribution in [2.45, 2.75) is 46.1 Å². The van der Waals surface area contributed by atoms with Crippen molar-refractivity contribution in [3.05, 3.63) is 23.8 Å². The molecule has 4 rings (SSSR count). The van der Waals surface area contributed by atoms with Gasteiger partial charge < -0.3 is 19.5 Å². The van der Waals surface area contributed by atoms with E-state index in [2.05, 4.69) is 32.0 Å². The SMILES string of the molecule is CCOC(=O)C1CC2CC(C1N(S)C(=O)NCCc1ccc(OC)c(OC)c1)C2(C)C. The fourth-order valence-corrected chi connectivity index (χ4v) is 5.55. The lowest BCUT2D eigenvalue weighted by Gasteiger charge is -2.62. The van der Waals surface area contributed by atoms with Crippen LogP contribution in [0.4, 0.5) is 4.79 Å². The first-order chi connectivity index (χ1) is 14.7. The molecule has 7 nitrogen and oxygen atoms in total. The molecule has 1 aromatic rings. The number of carbonyl (C=O) groups is 2. The third-order valence-electron chi connectivity index (χ3n) is 7.13. The Morgan fingerprint density at radius 3 is 2.52 bits per heavy atom. The lowest BCUT2D eigenvalue weighted by atomic mass is 9.45. The molecule has 1 aromatic carbocycles. The maximum atomic E-state index is 12.9. The van der Waals surface area contributed by atoms with Crippen molar-refractivity contribution in [2.24, 2.45) is 23.2 Å². The van der Waals surface area contributed by atoms with Crippen LogP contribution in [0.5, 0.6) is 11.5 Å². The average molecular weight is 451 g/mol. The summed E-state index contributed by atoms with van der Waals surface area (Å²) in [6.45, 7) is 7.02. The van der Waals surface area contributed by atoms with E-state index in [0.717, 1.165) is 18.4 Å². The molecule has 0 heterocycles. The van der Waals surface area contributed by atoms with Crippen molar-refractivity contribution >= 4 is 24.8 Å². The number of amides is 2. The van der Waals surface area contributed by atoms with Crippen LogP contribution < -0.4 is 14.8 Å². The molecule has 31 heavy (non-hydrogen) atoms. The topological polar surface area (TPSA) is 77.1 Å². The Morgan fingerprint density at radius 1 is 1.19 bits per heavy atom. The molecule has 4 unspecified atom stereocenters. The smallest absolute Gasteiger partial charge is 0.327 e. The van der Waals surface area contributed by atoms with E-state index >= 15 is 0 Å². The van der Waals surface area contributed by atoms with Gasteiger partial charge in [-0.05, 0) is 61.1 Å². The van der Waals surface area contributed by atoms with E-state index in [4.69, 9.17) is 14.2 Å². The van der Waals surface area contributed by atoms with E-state index < -0.39 is 0 Å². The van der Waals surface area contributed by atoms with Crippen LogP contribution in [0.25, 0.3) is 0 Å². The zero-order valence-electron chi connectivity index (χ0n) is 19.0. The van der Waals surface area contributed by atoms with Gasteiger partial charge in [0.05, 0.1) is 32.8 Å². The molecule has 3 aliphatic rings. The van der Waals surface area contributed by atoms with Crippen molar-refractivity contribution in [3.8, 4) is 11.5 Å². The summed E-state index contributed by atoms with van der Waals surface area (Å²) in [5.41, 5.74) is 1.11. The highest BCUT2D eigenvalue weighted by Crippen LogP contribution is 2.62. The van der Waals surface area contributed by atoms with Gasteiger partial charge in [-0.15, -0.1) is 0 Å². The van der Waals surface area contributed by atoms with E-state index in [9.17, 15) is 9.59 Å². The molecule has 3 fully saturated rings. The summed E-state index contributed by atoms with van der Waals surface area (Å²) >= 11 is 4.55. The van der Waals surface area contributed by atoms with Crippen molar-refractivity contribution in [2.75, 3.05) is 27.4 Å². The summed E-state index contributed by atoms with van der Waals surface area (Å²) in [4.78, 5) is 25.5. The molecule has 0 saturated heterocycles. The molecule has 4 atom stereocenters. The van der Waals surface area contributed by atoms with E-state index in [1.54, 1.807) is 21.1 Å². The van der Waals surface area contributed by atoms with Crippen molar-refractivity contribution in [3.63, 3.8) is 0 Å². The zero-order chi connectivity index (χ0) is 22.8. The Labute approximate surface area is 190 Å². The van der Waals surface area contributed by atoms with E-state index in [1.807, 2.05) is 18.2 Å². The van der Waals surface area contributed by atoms with Gasteiger partial charge in [0, 0.05) is 6.54 Å². The molecule has 0 aromatic heterocycles. The third-order valence-corrected chi connectivity index (χ3v) is 7.58. The van der Waals surface area contributed by atoms with Gasteiger partial charge in [-0.25, -0.2) is 4.79 Å². The largest absolute Gasteiger partial charge is 0.493 e. The molecule has 2 bridgehead atoms. The summed E-state index contributed by atoms with van der Waals surface area (Å²) in [7, 11) is 3.19. The van der Waals surface area contributed by atoms with Crippen LogP contribution in [0.3, 0.4) is 0 Å². The van der Waals surface area contributed by atoms with Gasteiger partial charge in [0.15, 0.2) is 11.5 Å². The Kier molecular flexibility index (Phi) is 7.29. The first-order valence-electron chi connectivity index (χ1n) is 10.9. The second kappa shape index (κ2) is 9.59. The predicted molar refractivity (Wildman–Crippen MR) is 121 cm³/mol. The second-order valence-electron chi connectivity index (χ2n) is 8.96. The number of nitrogens with zero attached hydrogens (tertiary/aromatic N) is 1. The number of fused-ring (bicyclic) bond motifs is 2. The Bertz CT molecular complexity index is 815. The lowest BCUT2D eigenvalue weighted by Crippen LogP contribution is -2.64. The molecule has 0 radical (unpaired) electrons. The standard InChI is InChI=1S/C23H34N2O5S/c1-6-30-21(26)16-12-15-13-17(23(15,2)3)20(16)25(31)22(27)24-10-9-14-7-8-18(28-4)19(11-14)29-5/h7-8,11,15-17,20,31H,6,9-10,12-13H2,1-5H3,(H,24,27). The molecule has 3 saturated carbocycles. The first-order valence-corrected chi connectivity index (χ1v) is 11.3. The van der Waals surface area contributed by atoms with Gasteiger partial charge in [0.1, 0.15) is 0 Å². The molecule has 0 aliphatic heterocycles. The number of ether oxygens (including phenoxy) is 3. The highest BCUT2D eigenvalue weighted by Gasteiger charge is 2.61. The number of urea groups is 1. The van der Waals surface area contributed by atoms with Crippen molar-refractivity contribution < 1.29 is 23.8 Å². The van der Waals surface area contributed by atoms with E-state index in [0.29, 0.717) is 37.0 Å². The van der Waals surface area contributed by atoms with Gasteiger partial charge in [-0.3, -0.25) is 9.10 Å². The minimum absolute atomic E-state index is 0.0918. The van der Waals surface area contributed by atoms with Gasteiger partial charge in [0.2, 0.25) is 0 Å². The van der Waals surface area contributed by atoms with Crippen LogP contribution >= 0.6 is 12.8 Å². The normalized spacial score (nSPS) is 25.7. The third kappa shape index (κ3) is 4.59. The second-order valence-corrected chi connectivity index (χ2v) is 9.39. The van der Waals surface area contributed by atoms with Crippen LogP contribution in [0.15, 0.2) is 18.2 Å². The van der Waals surface area contributed by atoms with E-state index in [1.165, 1.54) is 4.31 Å². The molecule has 3 aliphatic carbocycles. The van der Waals surface area contributed by atoms with Crippen LogP contribution in [0, 0.1) is 23.2 Å². The quantitative estimate of drug-likeness (QED) is 0.466. The highest BCUT2D eigenvalue weighted by molar-refractivity contribution is 7.78. The summed E-state index contributed by atoms with van der Waals surface area (Å²) in [6, 6.07) is 5.13. The Hall–Kier alpha value is -2.09. The number of hydrogen-bond donors (Lipinski definition) is 2. The summed E-state index contributed by atoms with van der Waals surface area (Å²) < 4.78 is 17.3. The molecule has 0 spiro atoms. The zero-order valence-corrected chi connectivity index (χ0v) is 19.9. The summed E-state index contributed by atoms with van der Waals surface area (Å²) in [6.07, 6.45) is 2.39. The number of esters is 1. The number of thiol groups is 1. The fraction of sp³-hybridized carbons (Fsp3) is 0.652. The molecule has 172 valence electrons. The molecule has 8 heteroatoms. The minimum atomic E-state index is -0.328. The van der Waals surface area contributed by atoms with Gasteiger partial charge in [0.25, 0.3) is 0 Å². The van der Waals surface area contributed by atoms with Gasteiger partial charge in [-0.2, -0.15) is 0 Å². The van der Waals surface area contributed by atoms with Crippen LogP contribution in [0.2, 0.25) is 0 Å². The summed E-state index contributed by atoms with van der Waals surface area (Å²) in [5, 5.41) is 2.94. The van der Waals surface area contributed by atoms with Gasteiger partial charge >= 0.3 is 12.0 Å². The first kappa shape index (κ1) is 23.6. The predicted octanol–water partition coefficient (Wildman–Crippen LogP) is 3.72. The van der Waals surface area contributed by atoms with Crippen LogP contribution in [0.1, 0.15) is 39.2 Å². The summed E-state index contributed by atoms with van der Waals surface area (Å²) in [5.74, 6) is 1.48. The molecule has 2 amide bonds. The average Bonchev–Trinajstić information content (AvgIpc) is 2.77. The number of rotatable bonds is 8. The Morgan fingerprint density at radius 2 is 1.90 bits per heavy atom. The minimum Gasteiger partial charge on any atom is -0.493 e. The molecular formula is C23H34N2O5S. The van der Waals surface area contributed by atoms with Gasteiger partial charge in [-0.1, -0.05) is 32.7 Å². The van der Waals surface area contributed by atoms with E-state index in [-0.39, 0.29) is 35.3 Å². The van der Waals surface area contributed by atoms with Crippen LogP contribution in [-0.4, -0.2) is 49.7 Å².